The van der Waals surface area contributed by atoms with E-state index in [9.17, 15) is 29.7 Å². The Morgan fingerprint density at radius 3 is 2.54 bits per heavy atom. The Bertz CT molecular complexity index is 1600. The van der Waals surface area contributed by atoms with Gasteiger partial charge in [-0.15, -0.1) is 0 Å². The molecule has 6 atom stereocenters. The number of nitrogens with zero attached hydrogens (tertiary/aromatic N) is 2. The number of aliphatic hydroxyl groups is 2. The van der Waals surface area contributed by atoms with Crippen molar-refractivity contribution in [2.75, 3.05) is 14.2 Å². The number of benzene rings is 2. The highest BCUT2D eigenvalue weighted by Crippen LogP contribution is 2.67. The van der Waals surface area contributed by atoms with Gasteiger partial charge in [-0.25, -0.2) is 4.79 Å². The van der Waals surface area contributed by atoms with Crippen molar-refractivity contribution in [2.24, 2.45) is 0 Å². The third-order valence-corrected chi connectivity index (χ3v) is 11.6. The number of hydrogen-bond acceptors (Lipinski definition) is 12. The highest BCUT2D eigenvalue weighted by Gasteiger charge is 2.78. The molecule has 12 nitrogen and oxygen atoms in total. The van der Waals surface area contributed by atoms with Crippen molar-refractivity contribution in [1.82, 2.24) is 9.80 Å². The molecular formula is C27H22N2O10S2. The summed E-state index contributed by atoms with van der Waals surface area (Å²) in [5.41, 5.74) is 0.396. The Labute approximate surface area is 240 Å². The van der Waals surface area contributed by atoms with Gasteiger partial charge in [-0.3, -0.25) is 9.59 Å². The summed E-state index contributed by atoms with van der Waals surface area (Å²) in [6, 6.07) is 7.26. The predicted molar refractivity (Wildman–Crippen MR) is 144 cm³/mol. The number of ether oxygens (including phenoxy) is 4. The van der Waals surface area contributed by atoms with E-state index in [0.717, 1.165) is 26.5 Å². The number of fused-ring (bicyclic) bond motifs is 6. The summed E-state index contributed by atoms with van der Waals surface area (Å²) in [5.74, 6) is -2.15. The second-order valence-corrected chi connectivity index (χ2v) is 12.6. The number of phenolic OH excluding ortho intramolecular Hbond substituents is 1. The van der Waals surface area contributed by atoms with Gasteiger partial charge in [0.15, 0.2) is 23.0 Å². The van der Waals surface area contributed by atoms with Crippen molar-refractivity contribution in [1.29, 1.82) is 0 Å². The lowest BCUT2D eigenvalue weighted by molar-refractivity contribution is -0.175. The van der Waals surface area contributed by atoms with Gasteiger partial charge in [0.2, 0.25) is 9.74 Å². The van der Waals surface area contributed by atoms with Gasteiger partial charge in [-0.2, -0.15) is 0 Å². The Balaban J connectivity index is 1.49. The molecule has 4 saturated heterocycles. The van der Waals surface area contributed by atoms with Crippen LogP contribution in [0.4, 0.5) is 0 Å². The predicted octanol–water partition coefficient (Wildman–Crippen LogP) is 2.02. The quantitative estimate of drug-likeness (QED) is 0.325. The number of aliphatic hydroxyl groups excluding tert-OH is 2. The third kappa shape index (κ3) is 3.24. The van der Waals surface area contributed by atoms with E-state index in [-0.39, 0.29) is 39.7 Å². The van der Waals surface area contributed by atoms with Gasteiger partial charge in [0.1, 0.15) is 24.4 Å². The van der Waals surface area contributed by atoms with E-state index in [0.29, 0.717) is 0 Å². The molecule has 3 unspecified atom stereocenters. The van der Waals surface area contributed by atoms with Crippen molar-refractivity contribution in [3.05, 3.63) is 71.7 Å². The number of aromatic hydroxyl groups is 1. The molecule has 4 fully saturated rings. The average Bonchev–Trinajstić information content (AvgIpc) is 3.07. The fraction of sp³-hybridized carbons (Fsp3) is 0.296. The van der Waals surface area contributed by atoms with Crippen molar-refractivity contribution in [2.45, 2.75) is 34.1 Å². The van der Waals surface area contributed by atoms with Crippen LogP contribution in [-0.4, -0.2) is 85.1 Å². The van der Waals surface area contributed by atoms with E-state index in [4.69, 9.17) is 18.9 Å². The van der Waals surface area contributed by atoms with Crippen LogP contribution in [0.15, 0.2) is 60.6 Å². The number of esters is 1. The van der Waals surface area contributed by atoms with Crippen molar-refractivity contribution >= 4 is 39.4 Å². The molecular weight excluding hydrogens is 576 g/mol. The molecule has 6 aliphatic heterocycles. The van der Waals surface area contributed by atoms with E-state index in [2.05, 4.69) is 0 Å². The number of carbonyl (C=O) groups excluding carboxylic acids is 3. The average molecular weight is 599 g/mol. The third-order valence-electron chi connectivity index (χ3n) is 7.99. The lowest BCUT2D eigenvalue weighted by Crippen LogP contribution is -2.79. The van der Waals surface area contributed by atoms with Crippen molar-refractivity contribution < 1.29 is 48.7 Å². The summed E-state index contributed by atoms with van der Waals surface area (Å²) >= 11 is 0. The topological polar surface area (TPSA) is 155 Å². The van der Waals surface area contributed by atoms with Gasteiger partial charge >= 0.3 is 5.97 Å². The van der Waals surface area contributed by atoms with Crippen LogP contribution in [0, 0.1) is 0 Å². The van der Waals surface area contributed by atoms with Crippen LogP contribution in [0.3, 0.4) is 0 Å². The van der Waals surface area contributed by atoms with Crippen LogP contribution in [0.25, 0.3) is 0 Å². The first kappa shape index (κ1) is 26.1. The molecule has 7 bridgehead atoms. The molecule has 41 heavy (non-hydrogen) atoms. The molecule has 0 saturated carbocycles. The molecule has 14 heteroatoms. The van der Waals surface area contributed by atoms with Crippen LogP contribution < -0.4 is 9.47 Å². The highest BCUT2D eigenvalue weighted by atomic mass is 33.1. The maximum Gasteiger partial charge on any atom is 0.338 e. The maximum absolute atomic E-state index is 14.5. The first-order valence-corrected chi connectivity index (χ1v) is 14.6. The molecule has 212 valence electrons. The Morgan fingerprint density at radius 2 is 1.76 bits per heavy atom. The summed E-state index contributed by atoms with van der Waals surface area (Å²) in [4.78, 5) is 40.7. The highest BCUT2D eigenvalue weighted by molar-refractivity contribution is 8.78. The molecule has 6 aliphatic rings. The van der Waals surface area contributed by atoms with Gasteiger partial charge in [0, 0.05) is 12.6 Å². The number of methoxy groups -OCH3 is 1. The zero-order valence-corrected chi connectivity index (χ0v) is 23.0. The van der Waals surface area contributed by atoms with E-state index in [1.165, 1.54) is 74.1 Å². The number of likely N-dealkylation sites (N-methyl/N-ethyl adjacent to an activating group) is 1. The SMILES string of the molecule is COc1ccc2cc1Oc1cc(ccc1O)[C@H](O)C13SSC4(C(=O)N1C)[C@H](O)C1=COC=CC(OC2=O)[C@H]1N4C3=O. The summed E-state index contributed by atoms with van der Waals surface area (Å²) < 4.78 is 22.6. The minimum atomic E-state index is -1.88. The van der Waals surface area contributed by atoms with Crippen LogP contribution in [0.1, 0.15) is 22.0 Å². The fourth-order valence-electron chi connectivity index (χ4n) is 5.89. The summed E-state index contributed by atoms with van der Waals surface area (Å²) in [5, 5.41) is 34.0. The molecule has 8 rings (SSSR count). The number of piperazine rings is 1. The van der Waals surface area contributed by atoms with Crippen molar-refractivity contribution in [3.8, 4) is 23.0 Å². The summed E-state index contributed by atoms with van der Waals surface area (Å²) in [6.45, 7) is 0. The number of hydrogen-bond donors (Lipinski definition) is 3. The minimum absolute atomic E-state index is 0.0624. The number of phenols is 1. The van der Waals surface area contributed by atoms with Gasteiger partial charge < -0.3 is 44.1 Å². The first-order chi connectivity index (χ1) is 19.6. The lowest BCUT2D eigenvalue weighted by Gasteiger charge is -2.60. The van der Waals surface area contributed by atoms with Crippen LogP contribution in [0.2, 0.25) is 0 Å². The van der Waals surface area contributed by atoms with Gasteiger partial charge in [0.05, 0.1) is 25.2 Å². The molecule has 2 aromatic rings. The van der Waals surface area contributed by atoms with Crippen molar-refractivity contribution in [3.63, 3.8) is 0 Å². The molecule has 2 spiro atoms. The van der Waals surface area contributed by atoms with E-state index in [1.54, 1.807) is 0 Å². The molecule has 2 amide bonds. The minimum Gasteiger partial charge on any atom is -0.504 e. The molecule has 0 aliphatic carbocycles. The normalized spacial score (nSPS) is 33.2. The maximum atomic E-state index is 14.5. The molecule has 0 aromatic heterocycles. The van der Waals surface area contributed by atoms with Gasteiger partial charge in [0.25, 0.3) is 11.8 Å². The van der Waals surface area contributed by atoms with Crippen LogP contribution in [0.5, 0.6) is 23.0 Å². The molecule has 0 radical (unpaired) electrons. The Kier molecular flexibility index (Phi) is 5.61. The zero-order valence-electron chi connectivity index (χ0n) is 21.4. The van der Waals surface area contributed by atoms with Crippen LogP contribution in [-0.2, 0) is 19.1 Å². The molecule has 6 heterocycles. The van der Waals surface area contributed by atoms with E-state index < -0.39 is 51.9 Å². The smallest absolute Gasteiger partial charge is 0.338 e. The zero-order chi connectivity index (χ0) is 28.8. The number of amides is 2. The largest absolute Gasteiger partial charge is 0.504 e. The monoisotopic (exact) mass is 598 g/mol. The second-order valence-electron chi connectivity index (χ2n) is 10.00. The Hall–Kier alpha value is -3.85. The fourth-order valence-corrected chi connectivity index (χ4v) is 9.76. The summed E-state index contributed by atoms with van der Waals surface area (Å²) in [7, 11) is 4.70. The summed E-state index contributed by atoms with van der Waals surface area (Å²) in [6.07, 6.45) is -0.351. The van der Waals surface area contributed by atoms with Crippen LogP contribution >= 0.6 is 21.6 Å². The van der Waals surface area contributed by atoms with Gasteiger partial charge in [-0.1, -0.05) is 6.07 Å². The first-order valence-electron chi connectivity index (χ1n) is 12.4. The number of carbonyl (C=O) groups is 3. The lowest BCUT2D eigenvalue weighted by atomic mass is 9.93. The molecule has 3 N–H and O–H groups in total. The van der Waals surface area contributed by atoms with E-state index >= 15 is 0 Å². The second kappa shape index (κ2) is 8.82. The molecule has 2 aromatic carbocycles. The van der Waals surface area contributed by atoms with Gasteiger partial charge in [-0.05, 0) is 63.6 Å². The number of rotatable bonds is 1. The standard InChI is InChI=1S/C27H22N2O10S2/c1-28-24(34)27-22(32)14-11-37-8-7-17-20(14)29(27)25(35)26(28,40-41-27)21(31)12-3-5-15(30)18(9-12)38-19-10-13(23(33)39-17)4-6-16(19)36-2/h3-11,17,20-22,30-32H,1-2H3/t17?,20-,21-,22+,26?,27?/m0/s1. The van der Waals surface area contributed by atoms with E-state index in [1.807, 2.05) is 0 Å². The Morgan fingerprint density at radius 1 is 0.976 bits per heavy atom.